The summed E-state index contributed by atoms with van der Waals surface area (Å²) in [5.41, 5.74) is 1.10. The molecule has 1 aromatic carbocycles. The molecule has 3 aromatic rings. The van der Waals surface area contributed by atoms with Gasteiger partial charge in [0.05, 0.1) is 5.69 Å². The normalized spacial score (nSPS) is 17.9. The van der Waals surface area contributed by atoms with Crippen LogP contribution in [0.2, 0.25) is 0 Å². The molecule has 2 aromatic heterocycles. The van der Waals surface area contributed by atoms with E-state index in [2.05, 4.69) is 9.88 Å². The molecule has 0 radical (unpaired) electrons. The van der Waals surface area contributed by atoms with E-state index >= 15 is 0 Å². The SMILES string of the molecule is O=C1CN(C2CCN(c3cc(=O)n4ccccc4n3)CC2)C(=O)N1c1ccccc1. The van der Waals surface area contributed by atoms with Crippen molar-refractivity contribution in [1.29, 1.82) is 0 Å². The first-order valence-electron chi connectivity index (χ1n) is 10.0. The number of aromatic nitrogens is 2. The van der Waals surface area contributed by atoms with Crippen molar-refractivity contribution in [3.05, 3.63) is 71.1 Å². The van der Waals surface area contributed by atoms with Gasteiger partial charge in [0.2, 0.25) is 0 Å². The summed E-state index contributed by atoms with van der Waals surface area (Å²) in [7, 11) is 0. The molecule has 8 heteroatoms. The zero-order valence-corrected chi connectivity index (χ0v) is 16.3. The van der Waals surface area contributed by atoms with Crippen LogP contribution in [0.4, 0.5) is 16.3 Å². The van der Waals surface area contributed by atoms with Crippen molar-refractivity contribution in [2.75, 3.05) is 29.4 Å². The third-order valence-electron chi connectivity index (χ3n) is 5.79. The number of fused-ring (bicyclic) bond motifs is 1. The number of hydrogen-bond donors (Lipinski definition) is 0. The summed E-state index contributed by atoms with van der Waals surface area (Å²) in [6, 6.07) is 15.8. The van der Waals surface area contributed by atoms with Crippen molar-refractivity contribution >= 4 is 29.1 Å². The Morgan fingerprint density at radius 2 is 1.63 bits per heavy atom. The second kappa shape index (κ2) is 7.29. The van der Waals surface area contributed by atoms with E-state index in [0.29, 0.717) is 30.2 Å². The van der Waals surface area contributed by atoms with Gasteiger partial charge in [0.15, 0.2) is 0 Å². The van der Waals surface area contributed by atoms with Crippen LogP contribution in [0.5, 0.6) is 0 Å². The van der Waals surface area contributed by atoms with E-state index in [4.69, 9.17) is 0 Å². The molecule has 2 aliphatic rings. The molecule has 30 heavy (non-hydrogen) atoms. The highest BCUT2D eigenvalue weighted by Crippen LogP contribution is 2.27. The summed E-state index contributed by atoms with van der Waals surface area (Å²) in [4.78, 5) is 47.4. The van der Waals surface area contributed by atoms with Crippen molar-refractivity contribution in [2.45, 2.75) is 18.9 Å². The van der Waals surface area contributed by atoms with Gasteiger partial charge in [-0.2, -0.15) is 0 Å². The first-order chi connectivity index (χ1) is 14.6. The summed E-state index contributed by atoms with van der Waals surface area (Å²) in [5, 5.41) is 0. The maximum absolute atomic E-state index is 12.9. The molecule has 8 nitrogen and oxygen atoms in total. The van der Waals surface area contributed by atoms with E-state index in [9.17, 15) is 14.4 Å². The minimum Gasteiger partial charge on any atom is -0.356 e. The van der Waals surface area contributed by atoms with Crippen LogP contribution in [-0.4, -0.2) is 51.9 Å². The highest BCUT2D eigenvalue weighted by atomic mass is 16.2. The Morgan fingerprint density at radius 3 is 2.40 bits per heavy atom. The summed E-state index contributed by atoms with van der Waals surface area (Å²) in [6.07, 6.45) is 3.14. The Hall–Kier alpha value is -3.68. The van der Waals surface area contributed by atoms with Gasteiger partial charge in [-0.15, -0.1) is 0 Å². The number of nitrogens with zero attached hydrogens (tertiary/aromatic N) is 5. The van der Waals surface area contributed by atoms with Crippen LogP contribution in [0.25, 0.3) is 5.65 Å². The predicted octanol–water partition coefficient (Wildman–Crippen LogP) is 2.13. The number of amides is 3. The Labute approximate surface area is 173 Å². The minimum atomic E-state index is -0.258. The van der Waals surface area contributed by atoms with Crippen LogP contribution in [0.3, 0.4) is 0 Å². The number of piperidine rings is 1. The highest BCUT2D eigenvalue weighted by Gasteiger charge is 2.41. The van der Waals surface area contributed by atoms with E-state index in [-0.39, 0.29) is 30.1 Å². The molecule has 0 saturated carbocycles. The highest BCUT2D eigenvalue weighted by molar-refractivity contribution is 6.19. The molecule has 0 aliphatic carbocycles. The van der Waals surface area contributed by atoms with Crippen LogP contribution in [0.1, 0.15) is 12.8 Å². The van der Waals surface area contributed by atoms with Crippen molar-refractivity contribution < 1.29 is 9.59 Å². The number of hydrogen-bond acceptors (Lipinski definition) is 5. The Morgan fingerprint density at radius 1 is 0.900 bits per heavy atom. The molecule has 152 valence electrons. The number of rotatable bonds is 3. The molecule has 2 fully saturated rings. The fourth-order valence-corrected chi connectivity index (χ4v) is 4.25. The number of para-hydroxylation sites is 1. The summed E-state index contributed by atoms with van der Waals surface area (Å²) < 4.78 is 1.52. The fraction of sp³-hybridized carbons (Fsp3) is 0.273. The fourth-order valence-electron chi connectivity index (χ4n) is 4.25. The zero-order valence-electron chi connectivity index (χ0n) is 16.3. The molecule has 5 rings (SSSR count). The molecule has 0 bridgehead atoms. The van der Waals surface area contributed by atoms with Crippen LogP contribution in [0.15, 0.2) is 65.6 Å². The number of carbonyl (C=O) groups excluding carboxylic acids is 2. The molecule has 2 saturated heterocycles. The van der Waals surface area contributed by atoms with E-state index in [1.807, 2.05) is 30.3 Å². The first kappa shape index (κ1) is 18.4. The lowest BCUT2D eigenvalue weighted by molar-refractivity contribution is -0.116. The van der Waals surface area contributed by atoms with Gasteiger partial charge in [0.1, 0.15) is 18.0 Å². The van der Waals surface area contributed by atoms with Gasteiger partial charge in [-0.05, 0) is 37.1 Å². The molecule has 0 N–H and O–H groups in total. The molecular weight excluding hydrogens is 382 g/mol. The van der Waals surface area contributed by atoms with Crippen LogP contribution >= 0.6 is 0 Å². The van der Waals surface area contributed by atoms with Gasteiger partial charge < -0.3 is 9.80 Å². The van der Waals surface area contributed by atoms with E-state index < -0.39 is 0 Å². The topological polar surface area (TPSA) is 78.2 Å². The van der Waals surface area contributed by atoms with E-state index in [0.717, 1.165) is 12.8 Å². The summed E-state index contributed by atoms with van der Waals surface area (Å²) in [5.74, 6) is 0.456. The molecule has 0 spiro atoms. The average Bonchev–Trinajstić information content (AvgIpc) is 3.08. The van der Waals surface area contributed by atoms with E-state index in [1.54, 1.807) is 35.4 Å². The monoisotopic (exact) mass is 403 g/mol. The van der Waals surface area contributed by atoms with Crippen molar-refractivity contribution in [3.63, 3.8) is 0 Å². The van der Waals surface area contributed by atoms with Crippen molar-refractivity contribution in [1.82, 2.24) is 14.3 Å². The second-order valence-corrected chi connectivity index (χ2v) is 7.57. The van der Waals surface area contributed by atoms with Gasteiger partial charge in [-0.3, -0.25) is 14.0 Å². The van der Waals surface area contributed by atoms with Gasteiger partial charge >= 0.3 is 6.03 Å². The Bertz CT molecular complexity index is 1170. The average molecular weight is 403 g/mol. The first-order valence-corrected chi connectivity index (χ1v) is 10.0. The molecule has 3 amide bonds. The number of carbonyl (C=O) groups is 2. The minimum absolute atomic E-state index is 0.00651. The number of imide groups is 1. The number of urea groups is 1. The number of benzene rings is 1. The van der Waals surface area contributed by atoms with Crippen LogP contribution in [0, 0.1) is 0 Å². The van der Waals surface area contributed by atoms with Gasteiger partial charge in [0, 0.05) is 31.4 Å². The van der Waals surface area contributed by atoms with E-state index in [1.165, 1.54) is 9.30 Å². The van der Waals surface area contributed by atoms with Crippen molar-refractivity contribution in [2.24, 2.45) is 0 Å². The third-order valence-corrected chi connectivity index (χ3v) is 5.79. The lowest BCUT2D eigenvalue weighted by Gasteiger charge is -2.36. The second-order valence-electron chi connectivity index (χ2n) is 7.57. The zero-order chi connectivity index (χ0) is 20.7. The summed E-state index contributed by atoms with van der Waals surface area (Å²) in [6.45, 7) is 1.45. The third kappa shape index (κ3) is 3.10. The largest absolute Gasteiger partial charge is 0.356 e. The lowest BCUT2D eigenvalue weighted by Crippen LogP contribution is -2.47. The van der Waals surface area contributed by atoms with Gasteiger partial charge in [-0.1, -0.05) is 24.3 Å². The summed E-state index contributed by atoms with van der Waals surface area (Å²) >= 11 is 0. The molecule has 2 aliphatic heterocycles. The van der Waals surface area contributed by atoms with Gasteiger partial charge in [-0.25, -0.2) is 14.7 Å². The molecule has 0 atom stereocenters. The van der Waals surface area contributed by atoms with Crippen LogP contribution < -0.4 is 15.4 Å². The molecule has 4 heterocycles. The quantitative estimate of drug-likeness (QED) is 0.626. The smallest absolute Gasteiger partial charge is 0.332 e. The molecule has 0 unspecified atom stereocenters. The standard InChI is InChI=1S/C22H21N5O3/c28-20-14-19(23-18-8-4-5-11-25(18)20)24-12-9-16(10-13-24)26-15-21(29)27(22(26)30)17-6-2-1-3-7-17/h1-8,11,14,16H,9-10,12-13,15H2. The van der Waals surface area contributed by atoms with Crippen molar-refractivity contribution in [3.8, 4) is 0 Å². The Balaban J connectivity index is 1.30. The number of pyridine rings is 1. The lowest BCUT2D eigenvalue weighted by atomic mass is 10.0. The Kier molecular flexibility index (Phi) is 4.46. The van der Waals surface area contributed by atoms with Gasteiger partial charge in [0.25, 0.3) is 11.5 Å². The predicted molar refractivity (Wildman–Crippen MR) is 113 cm³/mol. The maximum atomic E-state index is 12.9. The maximum Gasteiger partial charge on any atom is 0.332 e. The van der Waals surface area contributed by atoms with Crippen LogP contribution in [-0.2, 0) is 4.79 Å². The molecular formula is C22H21N5O3. The number of anilines is 2.